The second kappa shape index (κ2) is 13.2. The summed E-state index contributed by atoms with van der Waals surface area (Å²) in [5.41, 5.74) is 1.98. The van der Waals surface area contributed by atoms with Gasteiger partial charge in [-0.3, -0.25) is 18.7 Å². The Balaban J connectivity index is 1.41. The summed E-state index contributed by atoms with van der Waals surface area (Å²) in [4.78, 5) is 52.2. The molecule has 4 rings (SSSR count). The number of benzene rings is 2. The van der Waals surface area contributed by atoms with E-state index in [0.29, 0.717) is 17.7 Å². The minimum absolute atomic E-state index is 0.0918. The van der Waals surface area contributed by atoms with Gasteiger partial charge in [0.1, 0.15) is 10.8 Å². The second-order valence-corrected chi connectivity index (χ2v) is 10.1. The van der Waals surface area contributed by atoms with Crippen LogP contribution >= 0.6 is 11.6 Å². The molecular formula is C30H32ClN5O4. The van der Waals surface area contributed by atoms with Gasteiger partial charge in [0.05, 0.1) is 6.54 Å². The minimum Gasteiger partial charge on any atom is -0.325 e. The van der Waals surface area contributed by atoms with E-state index in [0.717, 1.165) is 52.6 Å². The highest BCUT2D eigenvalue weighted by Gasteiger charge is 2.18. The lowest BCUT2D eigenvalue weighted by Gasteiger charge is -2.26. The molecule has 0 atom stereocenters. The van der Waals surface area contributed by atoms with Gasteiger partial charge >= 0.3 is 11.7 Å². The molecule has 0 saturated carbocycles. The van der Waals surface area contributed by atoms with Gasteiger partial charge in [-0.25, -0.2) is 9.59 Å². The maximum absolute atomic E-state index is 12.7. The van der Waals surface area contributed by atoms with Crippen molar-refractivity contribution in [2.75, 3.05) is 23.7 Å². The van der Waals surface area contributed by atoms with Crippen LogP contribution in [0.25, 0.3) is 0 Å². The first-order chi connectivity index (χ1) is 19.2. The number of urea groups is 1. The van der Waals surface area contributed by atoms with Crippen LogP contribution in [0.3, 0.4) is 0 Å². The average Bonchev–Trinajstić information content (AvgIpc) is 2.97. The molecule has 10 heteroatoms. The first-order valence-electron chi connectivity index (χ1n) is 13.2. The highest BCUT2D eigenvalue weighted by molar-refractivity contribution is 6.32. The Labute approximate surface area is 237 Å². The molecule has 208 valence electrons. The van der Waals surface area contributed by atoms with E-state index >= 15 is 0 Å². The predicted molar refractivity (Wildman–Crippen MR) is 157 cm³/mol. The van der Waals surface area contributed by atoms with Crippen LogP contribution < -0.4 is 21.9 Å². The molecule has 1 fully saturated rings. The summed E-state index contributed by atoms with van der Waals surface area (Å²) in [6, 6.07) is 14.8. The van der Waals surface area contributed by atoms with Crippen LogP contribution in [0, 0.1) is 18.8 Å². The van der Waals surface area contributed by atoms with Crippen LogP contribution in [-0.4, -0.2) is 39.1 Å². The summed E-state index contributed by atoms with van der Waals surface area (Å²) >= 11 is 6.41. The van der Waals surface area contributed by atoms with Gasteiger partial charge in [-0.05, 0) is 62.4 Å². The van der Waals surface area contributed by atoms with Crippen molar-refractivity contribution in [1.29, 1.82) is 0 Å². The molecule has 1 aromatic heterocycles. The molecule has 2 heterocycles. The molecule has 1 saturated heterocycles. The summed E-state index contributed by atoms with van der Waals surface area (Å²) in [5.74, 6) is 5.47. The van der Waals surface area contributed by atoms with E-state index in [4.69, 9.17) is 11.6 Å². The molecule has 2 aromatic carbocycles. The van der Waals surface area contributed by atoms with Crippen LogP contribution in [0.15, 0.2) is 58.1 Å². The zero-order valence-electron chi connectivity index (χ0n) is 22.6. The van der Waals surface area contributed by atoms with Crippen LogP contribution in [0.2, 0.25) is 5.15 Å². The number of likely N-dealkylation sites (tertiary alicyclic amines) is 1. The first kappa shape index (κ1) is 28.7. The Morgan fingerprint density at radius 3 is 2.30 bits per heavy atom. The summed E-state index contributed by atoms with van der Waals surface area (Å²) in [6.45, 7) is 3.43. The Morgan fingerprint density at radius 1 is 0.950 bits per heavy atom. The Morgan fingerprint density at radius 2 is 1.62 bits per heavy atom. The lowest BCUT2D eigenvalue weighted by molar-refractivity contribution is -0.116. The summed E-state index contributed by atoms with van der Waals surface area (Å²) in [6.07, 6.45) is 3.84. The van der Waals surface area contributed by atoms with Crippen LogP contribution in [0.4, 0.5) is 16.2 Å². The molecular weight excluding hydrogens is 530 g/mol. The number of nitrogens with one attached hydrogen (secondary N) is 2. The number of aryl methyl sites for hydroxylation is 2. The van der Waals surface area contributed by atoms with Gasteiger partial charge in [0, 0.05) is 37.8 Å². The number of piperidine rings is 1. The average molecular weight is 562 g/mol. The van der Waals surface area contributed by atoms with E-state index in [1.54, 1.807) is 24.3 Å². The maximum atomic E-state index is 12.7. The third kappa shape index (κ3) is 7.21. The molecule has 0 bridgehead atoms. The number of nitrogens with zero attached hydrogens (tertiary/aromatic N) is 3. The van der Waals surface area contributed by atoms with E-state index in [2.05, 4.69) is 22.5 Å². The lowest BCUT2D eigenvalue weighted by atomic mass is 10.1. The normalized spacial score (nSPS) is 12.8. The van der Waals surface area contributed by atoms with Crippen molar-refractivity contribution in [3.05, 3.63) is 91.2 Å². The fourth-order valence-corrected chi connectivity index (χ4v) is 4.62. The largest absolute Gasteiger partial charge is 0.332 e. The van der Waals surface area contributed by atoms with Crippen molar-refractivity contribution in [3.8, 4) is 11.8 Å². The second-order valence-electron chi connectivity index (χ2n) is 9.79. The standard InChI is InChI=1S/C30H32ClN5O4/c1-21-8-10-23(11-9-21)14-17-25(37)33-26-27(31)36(30(40)34(2)28(26)38)20-6-7-22-12-15-24(16-13-22)32-29(39)35-18-4-3-5-19-35/h8-13,15-16H,3-5,14,17-20H2,1-2H3,(H,32,39)(H,33,37). The quantitative estimate of drug-likeness (QED) is 0.348. The number of carbonyl (C=O) groups excluding carboxylic acids is 2. The third-order valence-corrected chi connectivity index (χ3v) is 7.15. The third-order valence-electron chi connectivity index (χ3n) is 6.75. The Kier molecular flexibility index (Phi) is 9.46. The number of carbonyl (C=O) groups is 2. The summed E-state index contributed by atoms with van der Waals surface area (Å²) < 4.78 is 2.03. The predicted octanol–water partition coefficient (Wildman–Crippen LogP) is 4.15. The molecule has 40 heavy (non-hydrogen) atoms. The van der Waals surface area contributed by atoms with Crippen molar-refractivity contribution in [2.45, 2.75) is 45.6 Å². The van der Waals surface area contributed by atoms with Gasteiger partial charge in [0.2, 0.25) is 5.91 Å². The van der Waals surface area contributed by atoms with E-state index in [-0.39, 0.29) is 35.7 Å². The number of hydrogen-bond donors (Lipinski definition) is 2. The fraction of sp³-hybridized carbons (Fsp3) is 0.333. The molecule has 0 aliphatic carbocycles. The summed E-state index contributed by atoms with van der Waals surface area (Å²) in [5, 5.41) is 5.29. The topological polar surface area (TPSA) is 105 Å². The number of anilines is 2. The number of rotatable bonds is 6. The molecule has 3 amide bonds. The minimum atomic E-state index is -0.690. The molecule has 0 unspecified atom stereocenters. The highest BCUT2D eigenvalue weighted by atomic mass is 35.5. The SMILES string of the molecule is Cc1ccc(CCC(=O)Nc2c(Cl)n(CC#Cc3ccc(NC(=O)N4CCCCC4)cc3)c(=O)n(C)c2=O)cc1. The number of hydrogen-bond acceptors (Lipinski definition) is 4. The number of amides is 3. The van der Waals surface area contributed by atoms with E-state index in [9.17, 15) is 19.2 Å². The van der Waals surface area contributed by atoms with E-state index < -0.39 is 11.2 Å². The molecule has 2 N–H and O–H groups in total. The monoisotopic (exact) mass is 561 g/mol. The van der Waals surface area contributed by atoms with Gasteiger partial charge in [-0.15, -0.1) is 0 Å². The maximum Gasteiger partial charge on any atom is 0.332 e. The van der Waals surface area contributed by atoms with Crippen molar-refractivity contribution in [2.24, 2.45) is 7.05 Å². The zero-order valence-corrected chi connectivity index (χ0v) is 23.4. The van der Waals surface area contributed by atoms with Crippen molar-refractivity contribution in [3.63, 3.8) is 0 Å². The zero-order chi connectivity index (χ0) is 28.6. The number of halogens is 1. The Hall–Kier alpha value is -4.29. The van der Waals surface area contributed by atoms with Gasteiger partial charge < -0.3 is 15.5 Å². The van der Waals surface area contributed by atoms with Gasteiger partial charge in [-0.1, -0.05) is 53.3 Å². The van der Waals surface area contributed by atoms with Crippen molar-refractivity contribution < 1.29 is 9.59 Å². The van der Waals surface area contributed by atoms with E-state index in [1.807, 2.05) is 36.1 Å². The molecule has 3 aromatic rings. The Bertz CT molecular complexity index is 1560. The van der Waals surface area contributed by atoms with Gasteiger partial charge in [0.15, 0.2) is 0 Å². The molecule has 1 aliphatic heterocycles. The van der Waals surface area contributed by atoms with Crippen LogP contribution in [0.1, 0.15) is 42.4 Å². The summed E-state index contributed by atoms with van der Waals surface area (Å²) in [7, 11) is 1.32. The lowest BCUT2D eigenvalue weighted by Crippen LogP contribution is -2.40. The molecule has 0 radical (unpaired) electrons. The highest BCUT2D eigenvalue weighted by Crippen LogP contribution is 2.17. The van der Waals surface area contributed by atoms with E-state index in [1.165, 1.54) is 7.05 Å². The first-order valence-corrected chi connectivity index (χ1v) is 13.6. The molecule has 0 spiro atoms. The van der Waals surface area contributed by atoms with Gasteiger partial charge in [-0.2, -0.15) is 0 Å². The smallest absolute Gasteiger partial charge is 0.325 e. The molecule has 9 nitrogen and oxygen atoms in total. The fourth-order valence-electron chi connectivity index (χ4n) is 4.36. The van der Waals surface area contributed by atoms with Crippen LogP contribution in [-0.2, 0) is 24.8 Å². The van der Waals surface area contributed by atoms with Crippen molar-refractivity contribution >= 4 is 34.9 Å². The molecule has 1 aliphatic rings. The van der Waals surface area contributed by atoms with Gasteiger partial charge in [0.25, 0.3) is 5.56 Å². The number of aromatic nitrogens is 2. The van der Waals surface area contributed by atoms with Crippen LogP contribution in [0.5, 0.6) is 0 Å². The van der Waals surface area contributed by atoms with Crippen molar-refractivity contribution in [1.82, 2.24) is 14.0 Å².